The molecule has 1 fully saturated rings. The molecule has 2 N–H and O–H groups in total. The van der Waals surface area contributed by atoms with E-state index in [1.807, 2.05) is 66.4 Å². The van der Waals surface area contributed by atoms with Crippen LogP contribution in [0.5, 0.6) is 0 Å². The van der Waals surface area contributed by atoms with Gasteiger partial charge in [-0.2, -0.15) is 0 Å². The zero-order chi connectivity index (χ0) is 24.8. The third-order valence-electron chi connectivity index (χ3n) is 5.81. The summed E-state index contributed by atoms with van der Waals surface area (Å²) in [6, 6.07) is 17.0. The van der Waals surface area contributed by atoms with E-state index in [-0.39, 0.29) is 11.8 Å². The number of aromatic nitrogens is 2. The van der Waals surface area contributed by atoms with E-state index in [0.717, 1.165) is 16.9 Å². The highest BCUT2D eigenvalue weighted by Gasteiger charge is 2.23. The zero-order valence-corrected chi connectivity index (χ0v) is 20.7. The number of carbonyl (C=O) groups excluding carboxylic acids is 2. The number of halogens is 1. The second-order valence-corrected chi connectivity index (χ2v) is 8.93. The van der Waals surface area contributed by atoms with Gasteiger partial charge in [-0.15, -0.1) is 0 Å². The van der Waals surface area contributed by atoms with E-state index in [1.54, 1.807) is 0 Å². The van der Waals surface area contributed by atoms with Crippen LogP contribution in [-0.4, -0.2) is 66.0 Å². The Morgan fingerprint density at radius 2 is 1.63 bits per heavy atom. The van der Waals surface area contributed by atoms with Gasteiger partial charge in [0.25, 0.3) is 5.91 Å². The van der Waals surface area contributed by atoms with Gasteiger partial charge in [-0.1, -0.05) is 29.3 Å². The number of nitrogens with one attached hydrogen (secondary N) is 2. The van der Waals surface area contributed by atoms with Gasteiger partial charge in [-0.05, 0) is 43.3 Å². The number of carbonyl (C=O) groups is 2. The van der Waals surface area contributed by atoms with Gasteiger partial charge in [0.15, 0.2) is 5.82 Å². The van der Waals surface area contributed by atoms with E-state index < -0.39 is 0 Å². The van der Waals surface area contributed by atoms with Gasteiger partial charge in [-0.25, -0.2) is 9.97 Å². The summed E-state index contributed by atoms with van der Waals surface area (Å²) in [6.07, 6.45) is 0. The summed E-state index contributed by atoms with van der Waals surface area (Å²) in [7, 11) is 0. The van der Waals surface area contributed by atoms with Crippen molar-refractivity contribution in [1.29, 1.82) is 0 Å². The fourth-order valence-electron chi connectivity index (χ4n) is 3.86. The lowest BCUT2D eigenvalue weighted by molar-refractivity contribution is -0.118. The largest absolute Gasteiger partial charge is 0.368 e. The van der Waals surface area contributed by atoms with Crippen molar-refractivity contribution in [3.8, 4) is 11.4 Å². The minimum Gasteiger partial charge on any atom is -0.368 e. The topological polar surface area (TPSA) is 90.5 Å². The quantitative estimate of drug-likeness (QED) is 0.490. The van der Waals surface area contributed by atoms with Crippen molar-refractivity contribution < 1.29 is 9.59 Å². The van der Waals surface area contributed by atoms with Crippen LogP contribution in [0.25, 0.3) is 11.4 Å². The van der Waals surface area contributed by atoms with Crippen molar-refractivity contribution in [2.45, 2.75) is 13.8 Å². The molecule has 0 spiro atoms. The van der Waals surface area contributed by atoms with Gasteiger partial charge in [0.2, 0.25) is 5.91 Å². The smallest absolute Gasteiger partial charge is 0.253 e. The lowest BCUT2D eigenvalue weighted by Crippen LogP contribution is -2.49. The summed E-state index contributed by atoms with van der Waals surface area (Å²) >= 11 is 6.06. The molecule has 0 aliphatic carbocycles. The molecule has 182 valence electrons. The Kier molecular flexibility index (Phi) is 7.82. The monoisotopic (exact) mass is 492 g/mol. The number of anilines is 2. The van der Waals surface area contributed by atoms with Gasteiger partial charge in [0.1, 0.15) is 11.6 Å². The molecule has 3 aromatic rings. The first kappa shape index (κ1) is 24.5. The molecule has 35 heavy (non-hydrogen) atoms. The van der Waals surface area contributed by atoms with Crippen LogP contribution in [0.2, 0.25) is 5.02 Å². The normalized spacial score (nSPS) is 13.5. The average Bonchev–Trinajstić information content (AvgIpc) is 2.87. The molecule has 0 saturated carbocycles. The van der Waals surface area contributed by atoms with Crippen LogP contribution < -0.4 is 15.5 Å². The molecule has 1 aliphatic heterocycles. The Morgan fingerprint density at radius 3 is 2.29 bits per heavy atom. The van der Waals surface area contributed by atoms with Crippen molar-refractivity contribution in [1.82, 2.24) is 20.2 Å². The summed E-state index contributed by atoms with van der Waals surface area (Å²) in [5.41, 5.74) is 2.70. The second kappa shape index (κ2) is 11.2. The van der Waals surface area contributed by atoms with Gasteiger partial charge >= 0.3 is 0 Å². The third-order valence-corrected chi connectivity index (χ3v) is 6.06. The number of piperazine rings is 1. The van der Waals surface area contributed by atoms with E-state index in [1.165, 1.54) is 6.92 Å². The first-order valence-electron chi connectivity index (χ1n) is 11.6. The van der Waals surface area contributed by atoms with Crippen LogP contribution in [0.3, 0.4) is 0 Å². The highest BCUT2D eigenvalue weighted by atomic mass is 35.5. The van der Waals surface area contributed by atoms with Crippen molar-refractivity contribution in [3.05, 3.63) is 70.7 Å². The predicted molar refractivity (Wildman–Crippen MR) is 139 cm³/mol. The first-order chi connectivity index (χ1) is 16.9. The van der Waals surface area contributed by atoms with E-state index in [0.29, 0.717) is 61.5 Å². The minimum absolute atomic E-state index is 0.0505. The number of aryl methyl sites for hydroxylation is 1. The zero-order valence-electron chi connectivity index (χ0n) is 19.9. The molecule has 1 aliphatic rings. The maximum absolute atomic E-state index is 12.9. The molecule has 0 bridgehead atoms. The lowest BCUT2D eigenvalue weighted by Gasteiger charge is -2.35. The van der Waals surface area contributed by atoms with Crippen molar-refractivity contribution in [2.75, 3.05) is 49.5 Å². The number of hydrogen-bond acceptors (Lipinski definition) is 6. The highest BCUT2D eigenvalue weighted by Crippen LogP contribution is 2.25. The van der Waals surface area contributed by atoms with Crippen LogP contribution in [-0.2, 0) is 4.79 Å². The molecule has 0 radical (unpaired) electrons. The Hall–Kier alpha value is -3.65. The average molecular weight is 493 g/mol. The minimum atomic E-state index is -0.0740. The molecule has 1 aromatic heterocycles. The molecule has 0 unspecified atom stereocenters. The van der Waals surface area contributed by atoms with Crippen molar-refractivity contribution >= 4 is 35.1 Å². The number of amides is 2. The molecular formula is C26H29ClN6O2. The molecule has 0 atom stereocenters. The van der Waals surface area contributed by atoms with E-state index >= 15 is 0 Å². The molecule has 4 rings (SSSR count). The SMILES string of the molecule is CC(=O)NCCNc1cc(N2CCN(C(=O)c3ccc(C)cc3)CC2)nc(-c2ccc(Cl)cc2)n1. The van der Waals surface area contributed by atoms with Crippen molar-refractivity contribution in [3.63, 3.8) is 0 Å². The van der Waals surface area contributed by atoms with Crippen LogP contribution in [0.1, 0.15) is 22.8 Å². The number of rotatable bonds is 7. The van der Waals surface area contributed by atoms with Crippen LogP contribution in [0.15, 0.2) is 54.6 Å². The van der Waals surface area contributed by atoms with Gasteiger partial charge < -0.3 is 20.4 Å². The van der Waals surface area contributed by atoms with Gasteiger partial charge in [-0.3, -0.25) is 9.59 Å². The summed E-state index contributed by atoms with van der Waals surface area (Å²) < 4.78 is 0. The summed E-state index contributed by atoms with van der Waals surface area (Å²) in [5.74, 6) is 2.02. The maximum atomic E-state index is 12.9. The fraction of sp³-hybridized carbons (Fsp3) is 0.308. The van der Waals surface area contributed by atoms with Crippen LogP contribution >= 0.6 is 11.6 Å². The maximum Gasteiger partial charge on any atom is 0.253 e. The van der Waals surface area contributed by atoms with Gasteiger partial charge in [0.05, 0.1) is 0 Å². The summed E-state index contributed by atoms with van der Waals surface area (Å²) in [4.78, 5) is 37.6. The van der Waals surface area contributed by atoms with E-state index in [2.05, 4.69) is 20.5 Å². The number of hydrogen-bond donors (Lipinski definition) is 2. The van der Waals surface area contributed by atoms with Crippen LogP contribution in [0, 0.1) is 6.92 Å². The molecule has 2 amide bonds. The molecule has 9 heteroatoms. The van der Waals surface area contributed by atoms with Crippen molar-refractivity contribution in [2.24, 2.45) is 0 Å². The molecule has 2 aromatic carbocycles. The Labute approximate surface area is 210 Å². The Balaban J connectivity index is 1.49. The lowest BCUT2D eigenvalue weighted by atomic mass is 10.1. The molecule has 2 heterocycles. The van der Waals surface area contributed by atoms with E-state index in [4.69, 9.17) is 16.6 Å². The van der Waals surface area contributed by atoms with Gasteiger partial charge in [0, 0.05) is 68.4 Å². The third kappa shape index (κ3) is 6.48. The number of benzene rings is 2. The number of nitrogens with zero attached hydrogens (tertiary/aromatic N) is 4. The fourth-order valence-corrected chi connectivity index (χ4v) is 3.99. The highest BCUT2D eigenvalue weighted by molar-refractivity contribution is 6.30. The van der Waals surface area contributed by atoms with E-state index in [9.17, 15) is 9.59 Å². The summed E-state index contributed by atoms with van der Waals surface area (Å²) in [5, 5.41) is 6.69. The predicted octanol–water partition coefficient (Wildman–Crippen LogP) is 3.62. The molecular weight excluding hydrogens is 464 g/mol. The second-order valence-electron chi connectivity index (χ2n) is 8.50. The molecule has 1 saturated heterocycles. The standard InChI is InChI=1S/C26H29ClN6O2/c1-18-3-5-21(6-4-18)26(35)33-15-13-32(14-16-33)24-17-23(29-12-11-28-19(2)34)30-25(31-24)20-7-9-22(27)10-8-20/h3-10,17H,11-16H2,1-2H3,(H,28,34)(H,29,30,31). The first-order valence-corrected chi connectivity index (χ1v) is 12.0. The summed E-state index contributed by atoms with van der Waals surface area (Å²) in [6.45, 7) is 7.08. The van der Waals surface area contributed by atoms with Crippen LogP contribution in [0.4, 0.5) is 11.6 Å². The molecule has 8 nitrogen and oxygen atoms in total. The Bertz CT molecular complexity index is 1180. The Morgan fingerprint density at radius 1 is 0.943 bits per heavy atom.